The number of hydrogen-bond donors (Lipinski definition) is 0. The SMILES string of the molecule is CC#N.C[S+](C)[O-].ClC(Cl)(Cl)Cl. The van der Waals surface area contributed by atoms with Crippen molar-refractivity contribution in [1.82, 2.24) is 0 Å². The van der Waals surface area contributed by atoms with Crippen molar-refractivity contribution in [1.29, 1.82) is 5.26 Å². The first-order chi connectivity index (χ1) is 5.15. The van der Waals surface area contributed by atoms with Gasteiger partial charge in [0.1, 0.15) is 0 Å². The van der Waals surface area contributed by atoms with Crippen LogP contribution < -0.4 is 0 Å². The molecule has 0 radical (unpaired) electrons. The molecule has 0 N–H and O–H groups in total. The summed E-state index contributed by atoms with van der Waals surface area (Å²) in [6.45, 7) is 1.43. The normalized spacial score (nSPS) is 8.67. The van der Waals surface area contributed by atoms with Gasteiger partial charge in [-0.2, -0.15) is 5.26 Å². The van der Waals surface area contributed by atoms with Gasteiger partial charge in [0.2, 0.25) is 0 Å². The Morgan fingerprint density at radius 3 is 1.25 bits per heavy atom. The fourth-order valence-electron chi connectivity index (χ4n) is 0. The zero-order chi connectivity index (χ0) is 10.8. The Bertz CT molecular complexity index is 111. The van der Waals surface area contributed by atoms with Crippen molar-refractivity contribution in [2.45, 2.75) is 10.2 Å². The van der Waals surface area contributed by atoms with Crippen LogP contribution in [0.4, 0.5) is 0 Å². The molecule has 0 unspecified atom stereocenters. The molecule has 0 aliphatic rings. The molecule has 0 bridgehead atoms. The number of nitriles is 1. The molecule has 0 saturated heterocycles. The molecule has 0 aromatic carbocycles. The van der Waals surface area contributed by atoms with Crippen molar-refractivity contribution in [3.8, 4) is 6.07 Å². The molecular formula is C5H9Cl4NOS. The van der Waals surface area contributed by atoms with Gasteiger partial charge in [0, 0.05) is 6.92 Å². The molecule has 0 fully saturated rings. The summed E-state index contributed by atoms with van der Waals surface area (Å²) in [5.41, 5.74) is 0. The molecule has 0 aromatic rings. The van der Waals surface area contributed by atoms with E-state index in [1.54, 1.807) is 18.6 Å². The zero-order valence-corrected chi connectivity index (χ0v) is 10.6. The van der Waals surface area contributed by atoms with Crippen LogP contribution in [-0.4, -0.2) is 20.3 Å². The van der Waals surface area contributed by atoms with Crippen molar-refractivity contribution in [2.75, 3.05) is 12.5 Å². The van der Waals surface area contributed by atoms with Gasteiger partial charge in [0.05, 0.1) is 18.6 Å². The largest absolute Gasteiger partial charge is 0.617 e. The van der Waals surface area contributed by atoms with Crippen LogP contribution in [0, 0.1) is 11.3 Å². The lowest BCUT2D eigenvalue weighted by molar-refractivity contribution is 0.606. The fourth-order valence-corrected chi connectivity index (χ4v) is 0. The lowest BCUT2D eigenvalue weighted by atomic mass is 11.0. The van der Waals surface area contributed by atoms with Gasteiger partial charge in [-0.3, -0.25) is 0 Å². The molecule has 7 heteroatoms. The Morgan fingerprint density at radius 2 is 1.25 bits per heavy atom. The molecule has 0 amide bonds. The van der Waals surface area contributed by atoms with Crippen LogP contribution in [-0.2, 0) is 11.2 Å². The summed E-state index contributed by atoms with van der Waals surface area (Å²) in [4.78, 5) is 0. The maximum absolute atomic E-state index is 9.56. The van der Waals surface area contributed by atoms with Crippen LogP contribution in [0.15, 0.2) is 0 Å². The minimum atomic E-state index is -1.61. The summed E-state index contributed by atoms with van der Waals surface area (Å²) < 4.78 is 7.94. The van der Waals surface area contributed by atoms with Crippen molar-refractivity contribution < 1.29 is 4.55 Å². The van der Waals surface area contributed by atoms with E-state index in [-0.39, 0.29) is 0 Å². The quantitative estimate of drug-likeness (QED) is 0.503. The van der Waals surface area contributed by atoms with Crippen LogP contribution in [0.3, 0.4) is 0 Å². The van der Waals surface area contributed by atoms with Crippen molar-refractivity contribution >= 4 is 57.6 Å². The highest BCUT2D eigenvalue weighted by Crippen LogP contribution is 2.29. The second-order valence-electron chi connectivity index (χ2n) is 1.39. The van der Waals surface area contributed by atoms with Crippen LogP contribution in [0.1, 0.15) is 6.92 Å². The molecule has 74 valence electrons. The average molecular weight is 273 g/mol. The Balaban J connectivity index is -0.000000105. The molecule has 0 spiro atoms. The highest BCUT2D eigenvalue weighted by Gasteiger charge is 2.11. The van der Waals surface area contributed by atoms with E-state index in [4.69, 9.17) is 51.7 Å². The Morgan fingerprint density at radius 1 is 1.25 bits per heavy atom. The van der Waals surface area contributed by atoms with E-state index in [1.165, 1.54) is 6.92 Å². The van der Waals surface area contributed by atoms with Gasteiger partial charge in [0.25, 0.3) is 3.25 Å². The van der Waals surface area contributed by atoms with E-state index in [1.807, 2.05) is 0 Å². The van der Waals surface area contributed by atoms with E-state index in [2.05, 4.69) is 0 Å². The minimum absolute atomic E-state index is 0.611. The summed E-state index contributed by atoms with van der Waals surface area (Å²) >= 11 is 18.7. The maximum Gasteiger partial charge on any atom is 0.266 e. The van der Waals surface area contributed by atoms with E-state index >= 15 is 0 Å². The number of alkyl halides is 4. The predicted molar refractivity (Wildman–Crippen MR) is 57.4 cm³/mol. The molecule has 0 atom stereocenters. The highest BCUT2D eigenvalue weighted by molar-refractivity contribution is 7.89. The molecule has 2 nitrogen and oxygen atoms in total. The standard InChI is InChI=1S/C2H3N.C2H6OS.CCl4/c1-2-3;1-4(2)3;2-1(3,4)5/h1H3;1-2H3;. The third kappa shape index (κ3) is 1180. The smallest absolute Gasteiger partial charge is 0.266 e. The minimum Gasteiger partial charge on any atom is -0.617 e. The van der Waals surface area contributed by atoms with Gasteiger partial charge in [-0.15, -0.1) is 0 Å². The Kier molecular flexibility index (Phi) is 18.6. The van der Waals surface area contributed by atoms with Crippen LogP contribution in [0.5, 0.6) is 0 Å². The van der Waals surface area contributed by atoms with Crippen molar-refractivity contribution in [3.05, 3.63) is 0 Å². The lowest BCUT2D eigenvalue weighted by Gasteiger charge is -1.91. The van der Waals surface area contributed by atoms with Crippen LogP contribution >= 0.6 is 46.4 Å². The monoisotopic (exact) mass is 271 g/mol. The molecule has 0 aromatic heterocycles. The van der Waals surface area contributed by atoms with Gasteiger partial charge >= 0.3 is 0 Å². The second-order valence-corrected chi connectivity index (χ2v) is 6.31. The molecule has 0 saturated carbocycles. The van der Waals surface area contributed by atoms with E-state index in [0.717, 1.165) is 0 Å². The summed E-state index contributed by atoms with van der Waals surface area (Å²) in [5.74, 6) is 0. The summed E-state index contributed by atoms with van der Waals surface area (Å²) in [7, 11) is 0. The molecule has 0 heterocycles. The lowest BCUT2D eigenvalue weighted by Crippen LogP contribution is -1.86. The van der Waals surface area contributed by atoms with Crippen molar-refractivity contribution in [2.24, 2.45) is 0 Å². The summed E-state index contributed by atoms with van der Waals surface area (Å²) in [6.07, 6.45) is 3.28. The van der Waals surface area contributed by atoms with Gasteiger partial charge in [-0.1, -0.05) is 57.6 Å². The maximum atomic E-state index is 9.56. The van der Waals surface area contributed by atoms with Crippen molar-refractivity contribution in [3.63, 3.8) is 0 Å². The van der Waals surface area contributed by atoms with E-state index < -0.39 is 14.4 Å². The van der Waals surface area contributed by atoms with Gasteiger partial charge in [0.15, 0.2) is 0 Å². The summed E-state index contributed by atoms with van der Waals surface area (Å²) in [5, 5.41) is 7.32. The fraction of sp³-hybridized carbons (Fsp3) is 0.800. The third-order valence-corrected chi connectivity index (χ3v) is 0. The molecule has 0 rings (SSSR count). The van der Waals surface area contributed by atoms with Gasteiger partial charge < -0.3 is 4.55 Å². The molecule has 0 aliphatic heterocycles. The number of hydrogen-bond acceptors (Lipinski definition) is 2. The Hall–Kier alpha value is 0.960. The highest BCUT2D eigenvalue weighted by atomic mass is 35.6. The molecule has 12 heavy (non-hydrogen) atoms. The van der Waals surface area contributed by atoms with Crippen LogP contribution in [0.25, 0.3) is 0 Å². The zero-order valence-electron chi connectivity index (χ0n) is 6.78. The average Bonchev–Trinajstić information content (AvgIpc) is 1.56. The number of nitrogens with zero attached hydrogens (tertiary/aromatic N) is 1. The van der Waals surface area contributed by atoms with Gasteiger partial charge in [-0.25, -0.2) is 0 Å². The topological polar surface area (TPSA) is 46.8 Å². The van der Waals surface area contributed by atoms with Gasteiger partial charge in [-0.05, 0) is 0 Å². The second kappa shape index (κ2) is 12.0. The predicted octanol–water partition coefficient (Wildman–Crippen LogP) is 3.08. The summed E-state index contributed by atoms with van der Waals surface area (Å²) in [6, 6.07) is 1.75. The first-order valence-corrected chi connectivity index (χ1v) is 5.94. The molecule has 0 aliphatic carbocycles. The molecular weight excluding hydrogens is 264 g/mol. The van der Waals surface area contributed by atoms with E-state index in [0.29, 0.717) is 0 Å². The Labute approximate surface area is 95.9 Å². The first-order valence-electron chi connectivity index (χ1n) is 2.46. The van der Waals surface area contributed by atoms with Crippen LogP contribution in [0.2, 0.25) is 0 Å². The third-order valence-electron chi connectivity index (χ3n) is 0. The first kappa shape index (κ1) is 18.7. The number of rotatable bonds is 0. The number of halogens is 4. The van der Waals surface area contributed by atoms with E-state index in [9.17, 15) is 4.55 Å².